The molecule has 1 atom stereocenters. The monoisotopic (exact) mass is 370 g/mol. The lowest BCUT2D eigenvalue weighted by Gasteiger charge is -2.38. The predicted molar refractivity (Wildman–Crippen MR) is 100 cm³/mol. The molecule has 4 heterocycles. The second-order valence-electron chi connectivity index (χ2n) is 7.37. The first-order valence-corrected chi connectivity index (χ1v) is 9.64. The van der Waals surface area contributed by atoms with E-state index in [-0.39, 0.29) is 11.8 Å². The Labute approximate surface area is 159 Å². The zero-order valence-corrected chi connectivity index (χ0v) is 15.8. The second-order valence-corrected chi connectivity index (χ2v) is 7.37. The van der Waals surface area contributed by atoms with Crippen LogP contribution in [0.2, 0.25) is 0 Å². The summed E-state index contributed by atoms with van der Waals surface area (Å²) in [6, 6.07) is 3.79. The van der Waals surface area contributed by atoms with Gasteiger partial charge in [-0.2, -0.15) is 0 Å². The van der Waals surface area contributed by atoms with Gasteiger partial charge in [0.1, 0.15) is 0 Å². The van der Waals surface area contributed by atoms with Gasteiger partial charge in [0.15, 0.2) is 5.76 Å². The summed E-state index contributed by atoms with van der Waals surface area (Å²) in [4.78, 5) is 28.1. The first-order chi connectivity index (χ1) is 13.2. The lowest BCUT2D eigenvalue weighted by molar-refractivity contribution is -0.137. The van der Waals surface area contributed by atoms with E-state index in [4.69, 9.17) is 4.52 Å². The van der Waals surface area contributed by atoms with Gasteiger partial charge < -0.3 is 14.3 Å². The van der Waals surface area contributed by atoms with Crippen LogP contribution in [0.4, 0.5) is 5.95 Å². The Morgan fingerprint density at radius 2 is 1.96 bits per heavy atom. The Morgan fingerprint density at radius 3 is 2.67 bits per heavy atom. The molecule has 2 fully saturated rings. The van der Waals surface area contributed by atoms with Crippen LogP contribution in [0.25, 0.3) is 0 Å². The van der Waals surface area contributed by atoms with E-state index in [0.29, 0.717) is 6.54 Å². The molecule has 1 unspecified atom stereocenters. The lowest BCUT2D eigenvalue weighted by Crippen LogP contribution is -2.52. The quantitative estimate of drug-likeness (QED) is 0.803. The van der Waals surface area contributed by atoms with Crippen molar-refractivity contribution >= 4 is 11.9 Å². The van der Waals surface area contributed by atoms with Gasteiger partial charge in [0.2, 0.25) is 11.9 Å². The van der Waals surface area contributed by atoms with Crippen LogP contribution in [0.1, 0.15) is 24.3 Å². The van der Waals surface area contributed by atoms with E-state index >= 15 is 0 Å². The maximum absolute atomic E-state index is 13.0. The molecule has 144 valence electrons. The summed E-state index contributed by atoms with van der Waals surface area (Å²) in [6.45, 7) is 7.57. The minimum atomic E-state index is 0.0334. The van der Waals surface area contributed by atoms with Gasteiger partial charge in [-0.1, -0.05) is 5.16 Å². The van der Waals surface area contributed by atoms with Crippen molar-refractivity contribution in [1.82, 2.24) is 24.9 Å². The van der Waals surface area contributed by atoms with Gasteiger partial charge in [-0.25, -0.2) is 9.97 Å². The summed E-state index contributed by atoms with van der Waals surface area (Å²) in [6.07, 6.45) is 5.45. The number of hydrogen-bond donors (Lipinski definition) is 0. The highest BCUT2D eigenvalue weighted by atomic mass is 16.5. The third-order valence-electron chi connectivity index (χ3n) is 5.35. The van der Waals surface area contributed by atoms with E-state index in [1.165, 1.54) is 0 Å². The Hall–Kier alpha value is -2.48. The third kappa shape index (κ3) is 4.27. The molecule has 0 bridgehead atoms. The summed E-state index contributed by atoms with van der Waals surface area (Å²) in [5, 5.41) is 3.94. The first-order valence-electron chi connectivity index (χ1n) is 9.64. The molecule has 2 aromatic heterocycles. The molecule has 2 aliphatic rings. The molecule has 0 aliphatic carbocycles. The van der Waals surface area contributed by atoms with Crippen molar-refractivity contribution in [1.29, 1.82) is 0 Å². The van der Waals surface area contributed by atoms with Crippen LogP contribution in [0, 0.1) is 12.8 Å². The molecule has 8 nitrogen and oxygen atoms in total. The van der Waals surface area contributed by atoms with E-state index in [9.17, 15) is 4.79 Å². The molecule has 2 aliphatic heterocycles. The van der Waals surface area contributed by atoms with Crippen molar-refractivity contribution in [3.63, 3.8) is 0 Å². The normalized spacial score (nSPS) is 21.4. The average molecular weight is 370 g/mol. The summed E-state index contributed by atoms with van der Waals surface area (Å²) < 4.78 is 5.30. The highest BCUT2D eigenvalue weighted by Gasteiger charge is 2.31. The van der Waals surface area contributed by atoms with Gasteiger partial charge in [-0.05, 0) is 25.8 Å². The van der Waals surface area contributed by atoms with Crippen molar-refractivity contribution in [3.8, 4) is 0 Å². The van der Waals surface area contributed by atoms with Gasteiger partial charge in [0.25, 0.3) is 0 Å². The molecule has 0 saturated carbocycles. The van der Waals surface area contributed by atoms with Crippen LogP contribution >= 0.6 is 0 Å². The number of piperidine rings is 1. The number of aromatic nitrogens is 3. The standard InChI is InChI=1S/C19H26N6O2/c1-15-12-17(27-22-15)14-23-8-10-24(11-9-23)18(26)16-4-2-7-25(13-16)19-20-5-3-6-21-19/h3,5-6,12,16H,2,4,7-11,13-14H2,1H3. The van der Waals surface area contributed by atoms with Crippen molar-refractivity contribution in [2.75, 3.05) is 44.2 Å². The number of hydrogen-bond acceptors (Lipinski definition) is 7. The van der Waals surface area contributed by atoms with Gasteiger partial charge in [0, 0.05) is 57.7 Å². The fourth-order valence-corrected chi connectivity index (χ4v) is 3.91. The second kappa shape index (κ2) is 8.04. The fraction of sp³-hybridized carbons (Fsp3) is 0.579. The van der Waals surface area contributed by atoms with Crippen molar-refractivity contribution < 1.29 is 9.32 Å². The average Bonchev–Trinajstić information content (AvgIpc) is 3.13. The maximum Gasteiger partial charge on any atom is 0.227 e. The topological polar surface area (TPSA) is 78.6 Å². The highest BCUT2D eigenvalue weighted by Crippen LogP contribution is 2.22. The Kier molecular flexibility index (Phi) is 5.33. The summed E-state index contributed by atoms with van der Waals surface area (Å²) >= 11 is 0. The Balaban J connectivity index is 1.30. The summed E-state index contributed by atoms with van der Waals surface area (Å²) in [5.74, 6) is 1.91. The lowest BCUT2D eigenvalue weighted by atomic mass is 9.96. The Morgan fingerprint density at radius 1 is 1.19 bits per heavy atom. The largest absolute Gasteiger partial charge is 0.360 e. The van der Waals surface area contributed by atoms with Crippen LogP contribution in [-0.4, -0.2) is 70.1 Å². The van der Waals surface area contributed by atoms with E-state index in [1.54, 1.807) is 12.4 Å². The summed E-state index contributed by atoms with van der Waals surface area (Å²) in [7, 11) is 0. The smallest absolute Gasteiger partial charge is 0.227 e. The molecule has 0 spiro atoms. The van der Waals surface area contributed by atoms with Crippen LogP contribution < -0.4 is 4.90 Å². The zero-order valence-electron chi connectivity index (χ0n) is 15.8. The number of amides is 1. The molecule has 0 aromatic carbocycles. The Bertz CT molecular complexity index is 757. The minimum Gasteiger partial charge on any atom is -0.360 e. The first kappa shape index (κ1) is 17.9. The van der Waals surface area contributed by atoms with E-state index in [2.05, 4.69) is 24.9 Å². The number of nitrogens with zero attached hydrogens (tertiary/aromatic N) is 6. The van der Waals surface area contributed by atoms with Gasteiger partial charge >= 0.3 is 0 Å². The fourth-order valence-electron chi connectivity index (χ4n) is 3.91. The third-order valence-corrected chi connectivity index (χ3v) is 5.35. The van der Waals surface area contributed by atoms with Gasteiger partial charge in [-0.15, -0.1) is 0 Å². The molecular formula is C19H26N6O2. The molecule has 0 N–H and O–H groups in total. The molecule has 2 aromatic rings. The van der Waals surface area contributed by atoms with Gasteiger partial charge in [0.05, 0.1) is 18.2 Å². The number of aryl methyl sites for hydroxylation is 1. The zero-order chi connectivity index (χ0) is 18.6. The van der Waals surface area contributed by atoms with Crippen molar-refractivity contribution in [2.45, 2.75) is 26.3 Å². The number of carbonyl (C=O) groups is 1. The number of piperazine rings is 1. The van der Waals surface area contributed by atoms with E-state index < -0.39 is 0 Å². The molecule has 2 saturated heterocycles. The number of carbonyl (C=O) groups excluding carboxylic acids is 1. The molecule has 8 heteroatoms. The molecule has 1 amide bonds. The highest BCUT2D eigenvalue weighted by molar-refractivity contribution is 5.79. The van der Waals surface area contributed by atoms with Crippen molar-refractivity contribution in [2.24, 2.45) is 5.92 Å². The summed E-state index contributed by atoms with van der Waals surface area (Å²) in [5.41, 5.74) is 0.906. The van der Waals surface area contributed by atoms with Crippen LogP contribution in [0.3, 0.4) is 0 Å². The van der Waals surface area contributed by atoms with Crippen molar-refractivity contribution in [3.05, 3.63) is 36.0 Å². The number of rotatable bonds is 4. The van der Waals surface area contributed by atoms with Crippen LogP contribution in [0.5, 0.6) is 0 Å². The number of anilines is 1. The predicted octanol–water partition coefficient (Wildman–Crippen LogP) is 1.33. The van der Waals surface area contributed by atoms with E-state index in [1.807, 2.05) is 24.0 Å². The van der Waals surface area contributed by atoms with E-state index in [0.717, 1.165) is 69.5 Å². The van der Waals surface area contributed by atoms with Crippen LogP contribution in [0.15, 0.2) is 29.0 Å². The maximum atomic E-state index is 13.0. The molecule has 27 heavy (non-hydrogen) atoms. The minimum absolute atomic E-state index is 0.0334. The SMILES string of the molecule is Cc1cc(CN2CCN(C(=O)C3CCCN(c4ncccn4)C3)CC2)on1. The molecular weight excluding hydrogens is 344 g/mol. The van der Waals surface area contributed by atoms with Gasteiger partial charge in [-0.3, -0.25) is 9.69 Å². The van der Waals surface area contributed by atoms with Crippen LogP contribution in [-0.2, 0) is 11.3 Å². The molecule has 0 radical (unpaired) electrons. The molecule has 4 rings (SSSR count).